The van der Waals surface area contributed by atoms with Crippen molar-refractivity contribution in [1.82, 2.24) is 5.32 Å². The van der Waals surface area contributed by atoms with E-state index < -0.39 is 17.9 Å². The Labute approximate surface area is 108 Å². The Kier molecular flexibility index (Phi) is 4.73. The molecule has 4 N–H and O–H groups in total. The van der Waals surface area contributed by atoms with Gasteiger partial charge in [0.05, 0.1) is 12.0 Å². The number of carboxylic acids is 1. The van der Waals surface area contributed by atoms with E-state index in [9.17, 15) is 9.59 Å². The largest absolute Gasteiger partial charge is 0.481 e. The molecule has 18 heavy (non-hydrogen) atoms. The molecule has 0 radical (unpaired) electrons. The minimum absolute atomic E-state index is 0.249. The lowest BCUT2D eigenvalue weighted by molar-refractivity contribution is -0.144. The van der Waals surface area contributed by atoms with Crippen molar-refractivity contribution >= 4 is 11.9 Å². The molecule has 1 fully saturated rings. The highest BCUT2D eigenvalue weighted by Crippen LogP contribution is 2.25. The van der Waals surface area contributed by atoms with Crippen LogP contribution in [-0.2, 0) is 9.59 Å². The molecule has 2 unspecified atom stereocenters. The first kappa shape index (κ1) is 15.0. The number of carboxylic acid groups (broad SMARTS) is 1. The summed E-state index contributed by atoms with van der Waals surface area (Å²) >= 11 is 0. The van der Waals surface area contributed by atoms with Crippen molar-refractivity contribution in [2.75, 3.05) is 0 Å². The zero-order valence-corrected chi connectivity index (χ0v) is 11.4. The maximum absolute atomic E-state index is 12.0. The van der Waals surface area contributed by atoms with E-state index in [0.717, 1.165) is 19.3 Å². The van der Waals surface area contributed by atoms with Gasteiger partial charge in [-0.3, -0.25) is 9.59 Å². The molecule has 5 heteroatoms. The second-order valence-electron chi connectivity index (χ2n) is 6.19. The average Bonchev–Trinajstić information content (AvgIpc) is 2.27. The smallest absolute Gasteiger partial charge is 0.308 e. The van der Waals surface area contributed by atoms with Gasteiger partial charge in [0.25, 0.3) is 0 Å². The number of nitrogens with two attached hydrogens (primary N) is 1. The minimum Gasteiger partial charge on any atom is -0.481 e. The zero-order chi connectivity index (χ0) is 13.9. The topological polar surface area (TPSA) is 92.4 Å². The summed E-state index contributed by atoms with van der Waals surface area (Å²) in [6.45, 7) is 5.69. The van der Waals surface area contributed by atoms with Crippen molar-refractivity contribution in [3.63, 3.8) is 0 Å². The number of nitrogens with one attached hydrogen (secondary N) is 1. The van der Waals surface area contributed by atoms with Crippen molar-refractivity contribution < 1.29 is 14.7 Å². The number of hydrogen-bond acceptors (Lipinski definition) is 3. The Balaban J connectivity index is 2.64. The Morgan fingerprint density at radius 2 is 1.83 bits per heavy atom. The Hall–Kier alpha value is -1.10. The standard InChI is InChI=1S/C13H24N2O3/c1-13(2,3)10(14)11(16)15-9-7-5-4-6-8(9)12(17)18/h8-10H,4-7,14H2,1-3H3,(H,15,16)(H,17,18)/t8?,9?,10-/m0/s1. The molecule has 104 valence electrons. The van der Waals surface area contributed by atoms with E-state index in [1.54, 1.807) is 0 Å². The number of carbonyl (C=O) groups is 2. The lowest BCUT2D eigenvalue weighted by atomic mass is 9.83. The number of hydrogen-bond donors (Lipinski definition) is 3. The molecule has 0 saturated heterocycles. The molecular weight excluding hydrogens is 232 g/mol. The monoisotopic (exact) mass is 256 g/mol. The van der Waals surface area contributed by atoms with Gasteiger partial charge in [-0.05, 0) is 18.3 Å². The van der Waals surface area contributed by atoms with Gasteiger partial charge in [0, 0.05) is 6.04 Å². The molecule has 5 nitrogen and oxygen atoms in total. The molecule has 1 aliphatic rings. The third kappa shape index (κ3) is 3.70. The van der Waals surface area contributed by atoms with E-state index in [1.807, 2.05) is 20.8 Å². The second kappa shape index (κ2) is 5.69. The van der Waals surface area contributed by atoms with Crippen LogP contribution in [0.3, 0.4) is 0 Å². The highest BCUT2D eigenvalue weighted by Gasteiger charge is 2.35. The van der Waals surface area contributed by atoms with Crippen molar-refractivity contribution in [2.45, 2.75) is 58.5 Å². The predicted octanol–water partition coefficient (Wildman–Crippen LogP) is 1.12. The van der Waals surface area contributed by atoms with Gasteiger partial charge in [-0.1, -0.05) is 33.6 Å². The van der Waals surface area contributed by atoms with Crippen LogP contribution in [0.1, 0.15) is 46.5 Å². The lowest BCUT2D eigenvalue weighted by Gasteiger charge is -2.32. The zero-order valence-electron chi connectivity index (χ0n) is 11.4. The molecule has 0 heterocycles. The molecule has 1 amide bonds. The maximum Gasteiger partial charge on any atom is 0.308 e. The van der Waals surface area contributed by atoms with E-state index >= 15 is 0 Å². The Bertz CT molecular complexity index is 323. The van der Waals surface area contributed by atoms with Gasteiger partial charge in [-0.15, -0.1) is 0 Å². The van der Waals surface area contributed by atoms with Crippen LogP contribution in [0.2, 0.25) is 0 Å². The number of aliphatic carboxylic acids is 1. The van der Waals surface area contributed by atoms with Crippen LogP contribution >= 0.6 is 0 Å². The van der Waals surface area contributed by atoms with Crippen LogP contribution in [0.5, 0.6) is 0 Å². The summed E-state index contributed by atoms with van der Waals surface area (Å²) in [4.78, 5) is 23.1. The molecule has 1 rings (SSSR count). The summed E-state index contributed by atoms with van der Waals surface area (Å²) in [6.07, 6.45) is 3.22. The quantitative estimate of drug-likeness (QED) is 0.705. The average molecular weight is 256 g/mol. The first-order valence-corrected chi connectivity index (χ1v) is 6.52. The van der Waals surface area contributed by atoms with E-state index in [4.69, 9.17) is 10.8 Å². The molecule has 3 atom stereocenters. The molecular formula is C13H24N2O3. The maximum atomic E-state index is 12.0. The highest BCUT2D eigenvalue weighted by molar-refractivity contribution is 5.83. The van der Waals surface area contributed by atoms with Gasteiger partial charge in [0.1, 0.15) is 0 Å². The molecule has 0 aliphatic heterocycles. The summed E-state index contributed by atoms with van der Waals surface area (Å²) in [7, 11) is 0. The van der Waals surface area contributed by atoms with Crippen LogP contribution in [0.25, 0.3) is 0 Å². The van der Waals surface area contributed by atoms with Crippen molar-refractivity contribution in [3.05, 3.63) is 0 Å². The molecule has 0 aromatic heterocycles. The third-order valence-electron chi connectivity index (χ3n) is 3.63. The predicted molar refractivity (Wildman–Crippen MR) is 69.0 cm³/mol. The minimum atomic E-state index is -0.829. The van der Waals surface area contributed by atoms with Gasteiger partial charge < -0.3 is 16.2 Å². The number of rotatable bonds is 3. The van der Waals surface area contributed by atoms with Crippen molar-refractivity contribution in [3.8, 4) is 0 Å². The Morgan fingerprint density at radius 3 is 2.33 bits per heavy atom. The van der Waals surface area contributed by atoms with Crippen LogP contribution in [0.4, 0.5) is 0 Å². The molecule has 0 spiro atoms. The number of carbonyl (C=O) groups excluding carboxylic acids is 1. The summed E-state index contributed by atoms with van der Waals surface area (Å²) in [6, 6.07) is -0.897. The van der Waals surface area contributed by atoms with E-state index in [0.29, 0.717) is 6.42 Å². The fourth-order valence-electron chi connectivity index (χ4n) is 2.27. The molecule has 1 saturated carbocycles. The summed E-state index contributed by atoms with van der Waals surface area (Å²) in [5.41, 5.74) is 5.55. The van der Waals surface area contributed by atoms with Crippen LogP contribution < -0.4 is 11.1 Å². The SMILES string of the molecule is CC(C)(C)[C@@H](N)C(=O)NC1CCCCC1C(=O)O. The number of amides is 1. The van der Waals surface area contributed by atoms with Gasteiger partial charge in [-0.25, -0.2) is 0 Å². The third-order valence-corrected chi connectivity index (χ3v) is 3.63. The van der Waals surface area contributed by atoms with Crippen LogP contribution in [0, 0.1) is 11.3 Å². The van der Waals surface area contributed by atoms with Crippen molar-refractivity contribution in [2.24, 2.45) is 17.1 Å². The molecule has 0 bridgehead atoms. The normalized spacial score (nSPS) is 26.4. The molecule has 1 aliphatic carbocycles. The Morgan fingerprint density at radius 1 is 1.28 bits per heavy atom. The fourth-order valence-corrected chi connectivity index (χ4v) is 2.27. The van der Waals surface area contributed by atoms with Gasteiger partial charge in [0.15, 0.2) is 0 Å². The van der Waals surface area contributed by atoms with Gasteiger partial charge >= 0.3 is 5.97 Å². The van der Waals surface area contributed by atoms with Gasteiger partial charge in [0.2, 0.25) is 5.91 Å². The first-order chi connectivity index (χ1) is 8.23. The van der Waals surface area contributed by atoms with Gasteiger partial charge in [-0.2, -0.15) is 0 Å². The first-order valence-electron chi connectivity index (χ1n) is 6.52. The van der Waals surface area contributed by atoms with E-state index in [-0.39, 0.29) is 17.4 Å². The second-order valence-corrected chi connectivity index (χ2v) is 6.19. The molecule has 0 aromatic carbocycles. The summed E-state index contributed by atoms with van der Waals surface area (Å²) in [5.74, 6) is -1.56. The van der Waals surface area contributed by atoms with Crippen LogP contribution in [-0.4, -0.2) is 29.1 Å². The summed E-state index contributed by atoms with van der Waals surface area (Å²) in [5, 5.41) is 11.9. The van der Waals surface area contributed by atoms with E-state index in [2.05, 4.69) is 5.32 Å². The lowest BCUT2D eigenvalue weighted by Crippen LogP contribution is -2.54. The van der Waals surface area contributed by atoms with Crippen molar-refractivity contribution in [1.29, 1.82) is 0 Å². The highest BCUT2D eigenvalue weighted by atomic mass is 16.4. The fraction of sp³-hybridized carbons (Fsp3) is 0.846. The summed E-state index contributed by atoms with van der Waals surface area (Å²) < 4.78 is 0. The van der Waals surface area contributed by atoms with Crippen LogP contribution in [0.15, 0.2) is 0 Å². The van der Waals surface area contributed by atoms with E-state index in [1.165, 1.54) is 0 Å². The molecule has 0 aromatic rings.